The number of aromatic carboxylic acids is 1. The van der Waals surface area contributed by atoms with E-state index in [2.05, 4.69) is 0 Å². The number of nitrogens with zero attached hydrogens (tertiary/aromatic N) is 1. The summed E-state index contributed by atoms with van der Waals surface area (Å²) in [6, 6.07) is 3.83. The van der Waals surface area contributed by atoms with E-state index in [1.54, 1.807) is 12.2 Å². The fraction of sp³-hybridized carbons (Fsp3) is 0.312. The maximum Gasteiger partial charge on any atom is 0.241 e. The Morgan fingerprint density at radius 2 is 2.12 bits per heavy atom. The highest BCUT2D eigenvalue weighted by Gasteiger charge is 2.67. The second-order valence-corrected chi connectivity index (χ2v) is 6.43. The lowest BCUT2D eigenvalue weighted by Crippen LogP contribution is -2.43. The van der Waals surface area contributed by atoms with Crippen molar-refractivity contribution in [2.45, 2.75) is 11.7 Å². The molecule has 124 valence electrons. The van der Waals surface area contributed by atoms with Gasteiger partial charge in [-0.2, -0.15) is 0 Å². The molecule has 4 rings (SSSR count). The summed E-state index contributed by atoms with van der Waals surface area (Å²) >= 11 is 5.80. The van der Waals surface area contributed by atoms with Crippen molar-refractivity contribution < 1.29 is 29.3 Å². The molecule has 7 nitrogen and oxygen atoms in total. The number of halogens is 1. The van der Waals surface area contributed by atoms with Gasteiger partial charge in [-0.15, -0.1) is 0 Å². The van der Waals surface area contributed by atoms with Crippen LogP contribution in [0.3, 0.4) is 0 Å². The number of anilines is 1. The Morgan fingerprint density at radius 1 is 1.38 bits per heavy atom. The fourth-order valence-corrected chi connectivity index (χ4v) is 3.94. The molecule has 24 heavy (non-hydrogen) atoms. The molecule has 1 aromatic carbocycles. The molecule has 3 aliphatic heterocycles. The normalized spacial score (nSPS) is 33.4. The molecule has 0 radical (unpaired) electrons. The van der Waals surface area contributed by atoms with E-state index in [0.29, 0.717) is 0 Å². The van der Waals surface area contributed by atoms with Crippen molar-refractivity contribution >= 4 is 35.1 Å². The summed E-state index contributed by atoms with van der Waals surface area (Å²) in [4.78, 5) is 37.6. The maximum atomic E-state index is 12.8. The number of aliphatic hydroxyl groups excluding tert-OH is 1. The molecule has 8 heteroatoms. The van der Waals surface area contributed by atoms with Crippen LogP contribution in [-0.4, -0.2) is 41.2 Å². The molecular weight excluding hydrogens is 338 g/mol. The lowest BCUT2D eigenvalue weighted by molar-refractivity contribution is -0.255. The Bertz CT molecular complexity index is 821. The number of carbonyl (C=O) groups excluding carboxylic acids is 3. The lowest BCUT2D eigenvalue weighted by atomic mass is 9.77. The summed E-state index contributed by atoms with van der Waals surface area (Å²) in [5.41, 5.74) is -1.39. The van der Waals surface area contributed by atoms with Gasteiger partial charge in [-0.1, -0.05) is 23.8 Å². The first-order valence-corrected chi connectivity index (χ1v) is 7.64. The van der Waals surface area contributed by atoms with Gasteiger partial charge in [-0.05, 0) is 18.2 Å². The van der Waals surface area contributed by atoms with Gasteiger partial charge in [0, 0.05) is 10.6 Å². The quantitative estimate of drug-likeness (QED) is 0.583. The molecule has 2 bridgehead atoms. The van der Waals surface area contributed by atoms with Gasteiger partial charge in [0.15, 0.2) is 0 Å². The Kier molecular flexibility index (Phi) is 3.12. The minimum atomic E-state index is -1.50. The summed E-state index contributed by atoms with van der Waals surface area (Å²) < 4.78 is 5.63. The zero-order chi connectivity index (χ0) is 17.2. The van der Waals surface area contributed by atoms with Crippen molar-refractivity contribution in [2.24, 2.45) is 11.8 Å². The van der Waals surface area contributed by atoms with Crippen LogP contribution in [-0.2, 0) is 14.3 Å². The van der Waals surface area contributed by atoms with Gasteiger partial charge in [-0.25, -0.2) is 4.90 Å². The van der Waals surface area contributed by atoms with Gasteiger partial charge in [0.1, 0.15) is 5.60 Å². The first kappa shape index (κ1) is 15.3. The Labute approximate surface area is 141 Å². The summed E-state index contributed by atoms with van der Waals surface area (Å²) in [5.74, 6) is -4.07. The van der Waals surface area contributed by atoms with Gasteiger partial charge >= 0.3 is 0 Å². The van der Waals surface area contributed by atoms with Gasteiger partial charge in [-0.3, -0.25) is 9.59 Å². The summed E-state index contributed by atoms with van der Waals surface area (Å²) in [7, 11) is 0. The standard InChI is InChI=1S/C16H12ClNO6/c17-9-2-1-7(5-8(9)15(22)23)18-13(20)11-10-3-4-16(6-19,24-10)12(11)14(18)21/h1-5,10-12,19H,6H2,(H,22,23)/p-1/t10-,11+,12-,16+/m0/s1. The molecule has 2 fully saturated rings. The number of carbonyl (C=O) groups is 3. The van der Waals surface area contributed by atoms with Crippen LogP contribution in [0.25, 0.3) is 0 Å². The molecule has 1 aromatic rings. The van der Waals surface area contributed by atoms with E-state index < -0.39 is 47.9 Å². The summed E-state index contributed by atoms with van der Waals surface area (Å²) in [6.45, 7) is -0.418. The van der Waals surface area contributed by atoms with Crippen LogP contribution >= 0.6 is 11.6 Å². The van der Waals surface area contributed by atoms with E-state index in [1.807, 2.05) is 0 Å². The monoisotopic (exact) mass is 348 g/mol. The number of carboxylic acids is 1. The minimum absolute atomic E-state index is 0.0464. The highest BCUT2D eigenvalue weighted by molar-refractivity contribution is 6.33. The molecule has 1 N–H and O–H groups in total. The van der Waals surface area contributed by atoms with E-state index in [-0.39, 0.29) is 16.3 Å². The van der Waals surface area contributed by atoms with Gasteiger partial charge in [0.25, 0.3) is 0 Å². The van der Waals surface area contributed by atoms with Gasteiger partial charge in [0.2, 0.25) is 11.8 Å². The molecule has 2 saturated heterocycles. The van der Waals surface area contributed by atoms with Crippen molar-refractivity contribution in [3.8, 4) is 0 Å². The molecular formula is C16H11ClNO6-. The number of carboxylic acid groups (broad SMARTS) is 1. The number of hydrogen-bond acceptors (Lipinski definition) is 6. The van der Waals surface area contributed by atoms with Gasteiger partial charge < -0.3 is 19.7 Å². The molecule has 0 unspecified atom stereocenters. The van der Waals surface area contributed by atoms with Crippen LogP contribution < -0.4 is 10.0 Å². The van der Waals surface area contributed by atoms with Crippen molar-refractivity contribution in [1.82, 2.24) is 0 Å². The second kappa shape index (κ2) is 4.89. The molecule has 3 heterocycles. The van der Waals surface area contributed by atoms with Crippen molar-refractivity contribution in [3.63, 3.8) is 0 Å². The molecule has 3 aliphatic rings. The van der Waals surface area contributed by atoms with Crippen molar-refractivity contribution in [2.75, 3.05) is 11.5 Å². The van der Waals surface area contributed by atoms with Crippen LogP contribution in [0.5, 0.6) is 0 Å². The zero-order valence-electron chi connectivity index (χ0n) is 12.1. The lowest BCUT2D eigenvalue weighted by Gasteiger charge is -2.26. The van der Waals surface area contributed by atoms with Crippen LogP contribution in [0.2, 0.25) is 5.02 Å². The topological polar surface area (TPSA) is 107 Å². The highest BCUT2D eigenvalue weighted by atomic mass is 35.5. The zero-order valence-corrected chi connectivity index (χ0v) is 12.9. The molecule has 0 saturated carbocycles. The predicted octanol–water partition coefficient (Wildman–Crippen LogP) is -0.491. The number of ether oxygens (including phenoxy) is 1. The molecule has 0 aromatic heterocycles. The highest BCUT2D eigenvalue weighted by Crippen LogP contribution is 2.52. The first-order chi connectivity index (χ1) is 11.4. The maximum absolute atomic E-state index is 12.8. The number of fused-ring (bicyclic) bond motifs is 5. The van der Waals surface area contributed by atoms with Crippen molar-refractivity contribution in [1.29, 1.82) is 0 Å². The van der Waals surface area contributed by atoms with E-state index >= 15 is 0 Å². The Morgan fingerprint density at radius 3 is 2.79 bits per heavy atom. The van der Waals surface area contributed by atoms with Crippen LogP contribution in [0.1, 0.15) is 10.4 Å². The third-order valence-corrected chi connectivity index (χ3v) is 5.16. The number of aliphatic hydroxyl groups is 1. The van der Waals surface area contributed by atoms with Gasteiger partial charge in [0.05, 0.1) is 36.2 Å². The first-order valence-electron chi connectivity index (χ1n) is 7.26. The molecule has 0 aliphatic carbocycles. The number of benzene rings is 1. The number of hydrogen-bond donors (Lipinski definition) is 1. The number of rotatable bonds is 3. The summed E-state index contributed by atoms with van der Waals surface area (Å²) in [6.07, 6.45) is 2.71. The fourth-order valence-electron chi connectivity index (χ4n) is 3.75. The van der Waals surface area contributed by atoms with E-state index in [4.69, 9.17) is 16.3 Å². The SMILES string of the molecule is O=C([O-])c1cc(N2C(=O)[C@@H]3[C@@H]4C=C[C@](CO)(O4)[C@@H]3C2=O)ccc1Cl. The third kappa shape index (κ3) is 1.77. The van der Waals surface area contributed by atoms with Crippen molar-refractivity contribution in [3.05, 3.63) is 40.9 Å². The Balaban J connectivity index is 1.77. The largest absolute Gasteiger partial charge is 0.545 e. The Hall–Kier alpha value is -2.22. The van der Waals surface area contributed by atoms with Crippen LogP contribution in [0.15, 0.2) is 30.4 Å². The number of imide groups is 1. The van der Waals surface area contributed by atoms with Crippen LogP contribution in [0.4, 0.5) is 5.69 Å². The van der Waals surface area contributed by atoms with E-state index in [0.717, 1.165) is 11.0 Å². The predicted molar refractivity (Wildman–Crippen MR) is 79.1 cm³/mol. The van der Waals surface area contributed by atoms with E-state index in [1.165, 1.54) is 12.1 Å². The average Bonchev–Trinajstić information content (AvgIpc) is 3.19. The average molecular weight is 349 g/mol. The van der Waals surface area contributed by atoms with E-state index in [9.17, 15) is 24.6 Å². The molecule has 2 amide bonds. The smallest absolute Gasteiger partial charge is 0.241 e. The minimum Gasteiger partial charge on any atom is -0.545 e. The molecule has 4 atom stereocenters. The third-order valence-electron chi connectivity index (χ3n) is 4.83. The van der Waals surface area contributed by atoms with Crippen LogP contribution in [0, 0.1) is 11.8 Å². The second-order valence-electron chi connectivity index (χ2n) is 6.02. The summed E-state index contributed by atoms with van der Waals surface area (Å²) in [5, 5.41) is 20.7. The molecule has 0 spiro atoms. The number of amides is 2.